The molecule has 2 nitrogen and oxygen atoms in total. The molecule has 0 bridgehead atoms. The van der Waals surface area contributed by atoms with E-state index in [0.29, 0.717) is 25.9 Å². The quantitative estimate of drug-likeness (QED) is 0.698. The van der Waals surface area contributed by atoms with Gasteiger partial charge in [0, 0.05) is 5.92 Å². The Labute approximate surface area is 80.2 Å². The van der Waals surface area contributed by atoms with Gasteiger partial charge in [0.1, 0.15) is 0 Å². The number of hydrogen-bond acceptors (Lipinski definition) is 2. The van der Waals surface area contributed by atoms with Gasteiger partial charge in [-0.1, -0.05) is 6.58 Å². The Balaban J connectivity index is 2.60. The van der Waals surface area contributed by atoms with Crippen LogP contribution < -0.4 is 5.32 Å². The molecule has 0 aromatic rings. The van der Waals surface area contributed by atoms with E-state index < -0.39 is 23.5 Å². The Morgan fingerprint density at radius 2 is 1.79 bits per heavy atom. The van der Waals surface area contributed by atoms with Crippen LogP contribution in [-0.4, -0.2) is 25.0 Å². The van der Waals surface area contributed by atoms with Gasteiger partial charge in [0.05, 0.1) is 5.57 Å². The summed E-state index contributed by atoms with van der Waals surface area (Å²) < 4.78 is 36.4. The number of rotatable bonds is 2. The largest absolute Gasteiger partial charge is 0.419 e. The number of Topliss-reactive ketones (excluding diaryl/α,β-unsaturated/α-hetero) is 1. The van der Waals surface area contributed by atoms with Gasteiger partial charge in [-0.3, -0.25) is 4.79 Å². The van der Waals surface area contributed by atoms with Crippen molar-refractivity contribution in [2.24, 2.45) is 5.92 Å². The van der Waals surface area contributed by atoms with E-state index in [1.165, 1.54) is 0 Å². The highest BCUT2D eigenvalue weighted by molar-refractivity contribution is 5.97. The lowest BCUT2D eigenvalue weighted by atomic mass is 9.90. The molecule has 14 heavy (non-hydrogen) atoms. The Hall–Kier alpha value is -0.840. The number of piperidine rings is 1. The molecule has 1 saturated heterocycles. The van der Waals surface area contributed by atoms with Crippen molar-refractivity contribution in [3.8, 4) is 0 Å². The van der Waals surface area contributed by atoms with E-state index in [1.807, 2.05) is 0 Å². The van der Waals surface area contributed by atoms with Crippen molar-refractivity contribution in [1.29, 1.82) is 0 Å². The van der Waals surface area contributed by atoms with Crippen LogP contribution in [-0.2, 0) is 4.79 Å². The van der Waals surface area contributed by atoms with Gasteiger partial charge in [-0.15, -0.1) is 0 Å². The fourth-order valence-electron chi connectivity index (χ4n) is 1.47. The molecule has 0 radical (unpaired) electrons. The molecule has 5 heteroatoms. The average molecular weight is 207 g/mol. The standard InChI is InChI=1S/C9H12F3NO/c1-6(9(10,11)12)8(14)7-2-4-13-5-3-7/h7,13H,1-5H2. The lowest BCUT2D eigenvalue weighted by Crippen LogP contribution is -2.34. The van der Waals surface area contributed by atoms with Crippen molar-refractivity contribution >= 4 is 5.78 Å². The summed E-state index contributed by atoms with van der Waals surface area (Å²) in [4.78, 5) is 11.3. The van der Waals surface area contributed by atoms with Crippen LogP contribution in [0.3, 0.4) is 0 Å². The van der Waals surface area contributed by atoms with Crippen LogP contribution in [0, 0.1) is 5.92 Å². The highest BCUT2D eigenvalue weighted by Gasteiger charge is 2.39. The fraction of sp³-hybridized carbons (Fsp3) is 0.667. The molecule has 0 aromatic carbocycles. The van der Waals surface area contributed by atoms with Gasteiger partial charge in [0.2, 0.25) is 0 Å². The van der Waals surface area contributed by atoms with Crippen LogP contribution in [0.4, 0.5) is 13.2 Å². The zero-order valence-corrected chi connectivity index (χ0v) is 7.66. The number of nitrogens with one attached hydrogen (secondary N) is 1. The molecule has 0 aromatic heterocycles. The number of allylic oxidation sites excluding steroid dienone is 1. The number of carbonyl (C=O) groups is 1. The summed E-state index contributed by atoms with van der Waals surface area (Å²) in [6, 6.07) is 0. The molecule has 0 unspecified atom stereocenters. The van der Waals surface area contributed by atoms with Crippen LogP contribution in [0.5, 0.6) is 0 Å². The van der Waals surface area contributed by atoms with Crippen LogP contribution >= 0.6 is 0 Å². The second-order valence-electron chi connectivity index (χ2n) is 3.36. The summed E-state index contributed by atoms with van der Waals surface area (Å²) in [6.07, 6.45) is -3.65. The molecule has 1 heterocycles. The Morgan fingerprint density at radius 3 is 2.21 bits per heavy atom. The monoisotopic (exact) mass is 207 g/mol. The van der Waals surface area contributed by atoms with Crippen molar-refractivity contribution in [2.45, 2.75) is 19.0 Å². The van der Waals surface area contributed by atoms with E-state index in [1.54, 1.807) is 0 Å². The molecular weight excluding hydrogens is 195 g/mol. The minimum atomic E-state index is -4.58. The summed E-state index contributed by atoms with van der Waals surface area (Å²) in [6.45, 7) is 4.00. The van der Waals surface area contributed by atoms with Crippen molar-refractivity contribution in [2.75, 3.05) is 13.1 Å². The van der Waals surface area contributed by atoms with Crippen molar-refractivity contribution < 1.29 is 18.0 Å². The molecule has 1 fully saturated rings. The van der Waals surface area contributed by atoms with Crippen molar-refractivity contribution in [3.63, 3.8) is 0 Å². The summed E-state index contributed by atoms with van der Waals surface area (Å²) in [5, 5.41) is 2.98. The van der Waals surface area contributed by atoms with E-state index >= 15 is 0 Å². The van der Waals surface area contributed by atoms with Gasteiger partial charge in [0.15, 0.2) is 5.78 Å². The lowest BCUT2D eigenvalue weighted by Gasteiger charge is -2.22. The Bertz CT molecular complexity index is 241. The van der Waals surface area contributed by atoms with Gasteiger partial charge in [-0.2, -0.15) is 13.2 Å². The molecule has 0 aliphatic carbocycles. The first-order valence-corrected chi connectivity index (χ1v) is 4.44. The van der Waals surface area contributed by atoms with Gasteiger partial charge >= 0.3 is 6.18 Å². The van der Waals surface area contributed by atoms with Crippen molar-refractivity contribution in [3.05, 3.63) is 12.2 Å². The molecule has 0 spiro atoms. The molecule has 1 N–H and O–H groups in total. The first kappa shape index (κ1) is 11.2. The maximum atomic E-state index is 12.1. The van der Waals surface area contributed by atoms with E-state index in [2.05, 4.69) is 11.9 Å². The lowest BCUT2D eigenvalue weighted by molar-refractivity contribution is -0.132. The van der Waals surface area contributed by atoms with Crippen LogP contribution in [0.2, 0.25) is 0 Å². The first-order valence-electron chi connectivity index (χ1n) is 4.44. The molecule has 1 aliphatic rings. The smallest absolute Gasteiger partial charge is 0.317 e. The van der Waals surface area contributed by atoms with Gasteiger partial charge in [-0.05, 0) is 25.9 Å². The molecule has 1 rings (SSSR count). The summed E-state index contributed by atoms with van der Waals surface area (Å²) >= 11 is 0. The highest BCUT2D eigenvalue weighted by atomic mass is 19.4. The van der Waals surface area contributed by atoms with E-state index in [-0.39, 0.29) is 0 Å². The maximum absolute atomic E-state index is 12.1. The Kier molecular flexibility index (Phi) is 3.31. The molecule has 1 aliphatic heterocycles. The zero-order chi connectivity index (χ0) is 10.8. The van der Waals surface area contributed by atoms with Gasteiger partial charge in [-0.25, -0.2) is 0 Å². The summed E-state index contributed by atoms with van der Waals surface area (Å²) in [7, 11) is 0. The predicted octanol–water partition coefficient (Wildman–Crippen LogP) is 1.67. The molecule has 0 amide bonds. The minimum Gasteiger partial charge on any atom is -0.317 e. The van der Waals surface area contributed by atoms with Crippen LogP contribution in [0.1, 0.15) is 12.8 Å². The molecular formula is C9H12F3NO. The SMILES string of the molecule is C=C(C(=O)C1CCNCC1)C(F)(F)F. The van der Waals surface area contributed by atoms with E-state index in [4.69, 9.17) is 0 Å². The van der Waals surface area contributed by atoms with Gasteiger partial charge < -0.3 is 5.32 Å². The number of carbonyl (C=O) groups excluding carboxylic acids is 1. The third-order valence-electron chi connectivity index (χ3n) is 2.35. The zero-order valence-electron chi connectivity index (χ0n) is 7.66. The highest BCUT2D eigenvalue weighted by Crippen LogP contribution is 2.29. The summed E-state index contributed by atoms with van der Waals surface area (Å²) in [5.41, 5.74) is -1.22. The molecule has 0 atom stereocenters. The first-order chi connectivity index (χ1) is 6.43. The molecule has 0 saturated carbocycles. The maximum Gasteiger partial charge on any atom is 0.419 e. The third-order valence-corrected chi connectivity index (χ3v) is 2.35. The molecule has 80 valence electrons. The topological polar surface area (TPSA) is 29.1 Å². The minimum absolute atomic E-state index is 0.466. The van der Waals surface area contributed by atoms with Crippen LogP contribution in [0.25, 0.3) is 0 Å². The predicted molar refractivity (Wildman–Crippen MR) is 45.8 cm³/mol. The van der Waals surface area contributed by atoms with E-state index in [9.17, 15) is 18.0 Å². The second kappa shape index (κ2) is 4.13. The Morgan fingerprint density at radius 1 is 1.29 bits per heavy atom. The fourth-order valence-corrected chi connectivity index (χ4v) is 1.47. The van der Waals surface area contributed by atoms with Gasteiger partial charge in [0.25, 0.3) is 0 Å². The van der Waals surface area contributed by atoms with Crippen LogP contribution in [0.15, 0.2) is 12.2 Å². The third kappa shape index (κ3) is 2.57. The number of alkyl halides is 3. The number of halogens is 3. The average Bonchev–Trinajstić information content (AvgIpc) is 2.15. The normalized spacial score (nSPS) is 19.4. The van der Waals surface area contributed by atoms with E-state index in [0.717, 1.165) is 0 Å². The summed E-state index contributed by atoms with van der Waals surface area (Å²) in [5.74, 6) is -1.36. The second-order valence-corrected chi connectivity index (χ2v) is 3.36. The van der Waals surface area contributed by atoms with Crippen molar-refractivity contribution in [1.82, 2.24) is 5.32 Å². The number of ketones is 1. The number of hydrogen-bond donors (Lipinski definition) is 1.